The molecule has 5 heteroatoms. The average molecular weight is 503 g/mol. The third kappa shape index (κ3) is 5.81. The van der Waals surface area contributed by atoms with Gasteiger partial charge in [0, 0.05) is 11.1 Å². The predicted octanol–water partition coefficient (Wildman–Crippen LogP) is 9.75. The van der Waals surface area contributed by atoms with Gasteiger partial charge in [0.25, 0.3) is 0 Å². The minimum absolute atomic E-state index is 0.0381. The minimum atomic E-state index is -1.23. The number of benzene rings is 2. The molecule has 0 radical (unpaired) electrons. The van der Waals surface area contributed by atoms with Crippen LogP contribution in [0.3, 0.4) is 0 Å². The van der Waals surface area contributed by atoms with Crippen LogP contribution in [0.5, 0.6) is 5.75 Å². The van der Waals surface area contributed by atoms with Crippen molar-refractivity contribution < 1.29 is 22.3 Å². The fourth-order valence-corrected chi connectivity index (χ4v) is 6.44. The van der Waals surface area contributed by atoms with Gasteiger partial charge >= 0.3 is 0 Å². The molecule has 0 bridgehead atoms. The topological polar surface area (TPSA) is 9.23 Å². The molecule has 0 aromatic heterocycles. The summed E-state index contributed by atoms with van der Waals surface area (Å²) in [7, 11) is 0. The zero-order valence-corrected chi connectivity index (χ0v) is 21.5. The van der Waals surface area contributed by atoms with Crippen LogP contribution >= 0.6 is 0 Å². The van der Waals surface area contributed by atoms with Gasteiger partial charge in [-0.1, -0.05) is 37.1 Å². The molecule has 1 nitrogen and oxygen atoms in total. The molecular formula is C31H38F4O. The Morgan fingerprint density at radius 2 is 1.33 bits per heavy atom. The first-order chi connectivity index (χ1) is 17.4. The molecule has 2 aromatic carbocycles. The van der Waals surface area contributed by atoms with E-state index in [1.54, 1.807) is 13.0 Å². The van der Waals surface area contributed by atoms with Gasteiger partial charge in [-0.05, 0) is 107 Å². The van der Waals surface area contributed by atoms with Crippen LogP contribution in [0.15, 0.2) is 36.4 Å². The molecule has 2 saturated carbocycles. The molecule has 2 aliphatic carbocycles. The smallest absolute Gasteiger partial charge is 0.201 e. The van der Waals surface area contributed by atoms with Crippen LogP contribution in [-0.4, -0.2) is 6.61 Å². The van der Waals surface area contributed by atoms with Crippen LogP contribution < -0.4 is 4.74 Å². The van der Waals surface area contributed by atoms with Gasteiger partial charge in [0.1, 0.15) is 0 Å². The van der Waals surface area contributed by atoms with E-state index in [4.69, 9.17) is 4.74 Å². The van der Waals surface area contributed by atoms with Crippen LogP contribution in [0, 0.1) is 41.0 Å². The molecule has 2 aromatic rings. The van der Waals surface area contributed by atoms with Crippen molar-refractivity contribution in [2.75, 3.05) is 6.61 Å². The Morgan fingerprint density at radius 3 is 1.94 bits per heavy atom. The number of allylic oxidation sites excluding steroid dienone is 2. The summed E-state index contributed by atoms with van der Waals surface area (Å²) in [4.78, 5) is 0. The van der Waals surface area contributed by atoms with Gasteiger partial charge in [-0.3, -0.25) is 0 Å². The van der Waals surface area contributed by atoms with Gasteiger partial charge in [-0.2, -0.15) is 4.39 Å². The SMILES string of the molecule is C/C=C/CCC1CCC(C2CCC(c3ccc(-c4ccc(OCC)c(F)c4F)c(F)c3F)CC2)CC1. The van der Waals surface area contributed by atoms with Crippen LogP contribution in [0.1, 0.15) is 89.5 Å². The second kappa shape index (κ2) is 12.3. The van der Waals surface area contributed by atoms with Crippen LogP contribution in [0.25, 0.3) is 11.1 Å². The maximum absolute atomic E-state index is 15.2. The lowest BCUT2D eigenvalue weighted by Gasteiger charge is -2.38. The summed E-state index contributed by atoms with van der Waals surface area (Å²) in [5.41, 5.74) is -0.214. The summed E-state index contributed by atoms with van der Waals surface area (Å²) in [6, 6.07) is 5.43. The monoisotopic (exact) mass is 502 g/mol. The van der Waals surface area contributed by atoms with E-state index in [0.717, 1.165) is 37.5 Å². The van der Waals surface area contributed by atoms with Gasteiger partial charge < -0.3 is 4.74 Å². The van der Waals surface area contributed by atoms with E-state index in [1.165, 1.54) is 56.7 Å². The van der Waals surface area contributed by atoms with Crippen molar-refractivity contribution in [2.24, 2.45) is 17.8 Å². The van der Waals surface area contributed by atoms with Crippen molar-refractivity contribution in [3.05, 3.63) is 65.2 Å². The van der Waals surface area contributed by atoms with Gasteiger partial charge in [-0.15, -0.1) is 0 Å². The summed E-state index contributed by atoms with van der Waals surface area (Å²) >= 11 is 0. The number of halogens is 4. The fourth-order valence-electron chi connectivity index (χ4n) is 6.44. The summed E-state index contributed by atoms with van der Waals surface area (Å²) in [5.74, 6) is -2.49. The first-order valence-electron chi connectivity index (χ1n) is 13.6. The minimum Gasteiger partial charge on any atom is -0.491 e. The van der Waals surface area contributed by atoms with E-state index in [2.05, 4.69) is 19.1 Å². The third-order valence-electron chi connectivity index (χ3n) is 8.50. The number of ether oxygens (including phenoxy) is 1. The summed E-state index contributed by atoms with van der Waals surface area (Å²) in [6.45, 7) is 3.91. The Balaban J connectivity index is 1.39. The third-order valence-corrected chi connectivity index (χ3v) is 8.50. The highest BCUT2D eigenvalue weighted by molar-refractivity contribution is 5.66. The molecule has 0 unspecified atom stereocenters. The first kappa shape index (κ1) is 26.8. The summed E-state index contributed by atoms with van der Waals surface area (Å²) in [6.07, 6.45) is 15.8. The Hall–Kier alpha value is -2.30. The van der Waals surface area contributed by atoms with Gasteiger partial charge in [0.2, 0.25) is 5.82 Å². The molecule has 0 spiro atoms. The van der Waals surface area contributed by atoms with Crippen LogP contribution in [0.4, 0.5) is 17.6 Å². The van der Waals surface area contributed by atoms with E-state index < -0.39 is 23.3 Å². The van der Waals surface area contributed by atoms with E-state index in [-0.39, 0.29) is 29.4 Å². The fraction of sp³-hybridized carbons (Fsp3) is 0.548. The highest BCUT2D eigenvalue weighted by atomic mass is 19.2. The van der Waals surface area contributed by atoms with Crippen molar-refractivity contribution in [3.63, 3.8) is 0 Å². The molecule has 2 fully saturated rings. The number of hydrogen-bond acceptors (Lipinski definition) is 1. The molecule has 196 valence electrons. The van der Waals surface area contributed by atoms with Crippen molar-refractivity contribution in [3.8, 4) is 16.9 Å². The molecule has 0 heterocycles. The van der Waals surface area contributed by atoms with Gasteiger partial charge in [0.05, 0.1) is 6.61 Å². The lowest BCUT2D eigenvalue weighted by molar-refractivity contribution is 0.156. The Labute approximate surface area is 212 Å². The van der Waals surface area contributed by atoms with E-state index in [0.29, 0.717) is 11.5 Å². The first-order valence-corrected chi connectivity index (χ1v) is 13.6. The van der Waals surface area contributed by atoms with Crippen molar-refractivity contribution in [2.45, 2.75) is 84.0 Å². The van der Waals surface area contributed by atoms with Gasteiger partial charge in [-0.25, -0.2) is 13.2 Å². The molecule has 0 N–H and O–H groups in total. The Kier molecular flexibility index (Phi) is 9.14. The predicted molar refractivity (Wildman–Crippen MR) is 137 cm³/mol. The molecule has 2 aliphatic rings. The normalized spacial score (nSPS) is 24.8. The molecule has 36 heavy (non-hydrogen) atoms. The molecular weight excluding hydrogens is 464 g/mol. The highest BCUT2D eigenvalue weighted by Gasteiger charge is 2.33. The van der Waals surface area contributed by atoms with Crippen molar-refractivity contribution in [1.29, 1.82) is 0 Å². The Bertz CT molecular complexity index is 1050. The number of hydrogen-bond donors (Lipinski definition) is 0. The summed E-state index contributed by atoms with van der Waals surface area (Å²) < 4.78 is 64.2. The zero-order valence-electron chi connectivity index (χ0n) is 21.5. The van der Waals surface area contributed by atoms with E-state index >= 15 is 8.78 Å². The standard InChI is InChI=1S/C31H38F4O/c1-3-5-6-7-20-8-10-21(11-9-20)22-12-14-23(15-13-22)24-16-17-25(29(33)28(24)32)26-18-19-27(36-4-2)31(35)30(26)34/h3,5,16-23H,4,6-15H2,1-2H3/b5-3+. The van der Waals surface area contributed by atoms with E-state index in [9.17, 15) is 8.78 Å². The second-order valence-electron chi connectivity index (χ2n) is 10.5. The average Bonchev–Trinajstić information content (AvgIpc) is 2.90. The molecule has 0 atom stereocenters. The maximum Gasteiger partial charge on any atom is 0.201 e. The van der Waals surface area contributed by atoms with Crippen LogP contribution in [0.2, 0.25) is 0 Å². The Morgan fingerprint density at radius 1 is 0.750 bits per heavy atom. The van der Waals surface area contributed by atoms with Crippen LogP contribution in [-0.2, 0) is 0 Å². The molecule has 4 rings (SSSR count). The molecule has 0 aliphatic heterocycles. The zero-order chi connectivity index (χ0) is 25.7. The molecule has 0 saturated heterocycles. The van der Waals surface area contributed by atoms with Crippen molar-refractivity contribution in [1.82, 2.24) is 0 Å². The maximum atomic E-state index is 15.2. The molecule has 0 amide bonds. The second-order valence-corrected chi connectivity index (χ2v) is 10.5. The highest BCUT2D eigenvalue weighted by Crippen LogP contribution is 2.45. The quantitative estimate of drug-likeness (QED) is 0.258. The summed E-state index contributed by atoms with van der Waals surface area (Å²) in [5, 5.41) is 0. The lowest BCUT2D eigenvalue weighted by atomic mass is 9.68. The van der Waals surface area contributed by atoms with E-state index in [1.807, 2.05) is 0 Å². The number of rotatable bonds is 8. The largest absolute Gasteiger partial charge is 0.491 e. The van der Waals surface area contributed by atoms with Gasteiger partial charge in [0.15, 0.2) is 23.2 Å². The van der Waals surface area contributed by atoms with Crippen molar-refractivity contribution >= 4 is 0 Å². The lowest BCUT2D eigenvalue weighted by Crippen LogP contribution is -2.25.